The summed E-state index contributed by atoms with van der Waals surface area (Å²) in [5.74, 6) is -1.49. The van der Waals surface area contributed by atoms with Crippen LogP contribution in [-0.2, 0) is 0 Å². The van der Waals surface area contributed by atoms with Crippen molar-refractivity contribution in [3.8, 4) is 23.0 Å². The first kappa shape index (κ1) is 13.0. The van der Waals surface area contributed by atoms with E-state index < -0.39 is 11.8 Å². The van der Waals surface area contributed by atoms with Crippen LogP contribution < -0.4 is 0 Å². The lowest BCUT2D eigenvalue weighted by molar-refractivity contribution is 0.0691. The molecule has 0 saturated heterocycles. The fraction of sp³-hybridized carbons (Fsp3) is 0.0769. The molecule has 0 radical (unpaired) electrons. The van der Waals surface area contributed by atoms with Gasteiger partial charge in [0, 0.05) is 5.56 Å². The fourth-order valence-electron chi connectivity index (χ4n) is 1.89. The number of aryl methyl sites for hydroxylation is 1. The third-order valence-electron chi connectivity index (χ3n) is 2.92. The second-order valence-corrected chi connectivity index (χ2v) is 4.31. The van der Waals surface area contributed by atoms with E-state index in [1.807, 2.05) is 0 Å². The summed E-state index contributed by atoms with van der Waals surface area (Å²) in [6, 6.07) is 4.21. The quantitative estimate of drug-likeness (QED) is 0.766. The molecule has 3 rings (SSSR count). The molecule has 7 nitrogen and oxygen atoms in total. The minimum absolute atomic E-state index is 0.0245. The number of hydrogen-bond donors (Lipinski definition) is 2. The number of nitrogens with one attached hydrogen (secondary N) is 1. The van der Waals surface area contributed by atoms with Gasteiger partial charge < -0.3 is 14.6 Å². The number of nitrogens with zero attached hydrogens (tertiary/aromatic N) is 3. The Balaban J connectivity index is 2.06. The zero-order valence-corrected chi connectivity index (χ0v) is 10.8. The molecule has 3 aromatic rings. The molecule has 0 saturated carbocycles. The summed E-state index contributed by atoms with van der Waals surface area (Å²) < 4.78 is 18.3. The average molecular weight is 288 g/mol. The molecule has 0 unspecified atom stereocenters. The molecule has 2 heterocycles. The van der Waals surface area contributed by atoms with Crippen LogP contribution >= 0.6 is 0 Å². The summed E-state index contributed by atoms with van der Waals surface area (Å²) in [7, 11) is 0. The van der Waals surface area contributed by atoms with Gasteiger partial charge in [0.05, 0.1) is 6.33 Å². The topological polar surface area (TPSA) is 105 Å². The summed E-state index contributed by atoms with van der Waals surface area (Å²) >= 11 is 0. The number of carboxylic acids is 1. The Bertz CT molecular complexity index is 824. The Hall–Kier alpha value is -3.03. The molecule has 1 aromatic carbocycles. The Morgan fingerprint density at radius 1 is 1.43 bits per heavy atom. The minimum Gasteiger partial charge on any atom is -0.476 e. The Labute approximate surface area is 117 Å². The Morgan fingerprint density at radius 2 is 2.24 bits per heavy atom. The number of rotatable bonds is 3. The molecule has 0 atom stereocenters. The van der Waals surface area contributed by atoms with Crippen molar-refractivity contribution in [2.45, 2.75) is 6.92 Å². The van der Waals surface area contributed by atoms with Crippen LogP contribution in [0.3, 0.4) is 0 Å². The van der Waals surface area contributed by atoms with E-state index in [9.17, 15) is 9.18 Å². The molecule has 0 amide bonds. The van der Waals surface area contributed by atoms with Crippen molar-refractivity contribution >= 4 is 5.97 Å². The van der Waals surface area contributed by atoms with Crippen LogP contribution in [0.4, 0.5) is 4.39 Å². The summed E-state index contributed by atoms with van der Waals surface area (Å²) in [6.07, 6.45) is 1.22. The number of H-pyrrole nitrogens is 1. The Morgan fingerprint density at radius 3 is 3.00 bits per heavy atom. The van der Waals surface area contributed by atoms with E-state index in [4.69, 9.17) is 9.63 Å². The van der Waals surface area contributed by atoms with Gasteiger partial charge in [0.15, 0.2) is 5.69 Å². The second kappa shape index (κ2) is 4.82. The molecule has 0 bridgehead atoms. The lowest BCUT2D eigenvalue weighted by Crippen LogP contribution is -1.99. The van der Waals surface area contributed by atoms with Crippen LogP contribution in [0.25, 0.3) is 23.0 Å². The summed E-state index contributed by atoms with van der Waals surface area (Å²) in [6.45, 7) is 1.78. The molecule has 21 heavy (non-hydrogen) atoms. The van der Waals surface area contributed by atoms with Crippen molar-refractivity contribution in [2.75, 3.05) is 0 Å². The zero-order chi connectivity index (χ0) is 15.0. The van der Waals surface area contributed by atoms with Crippen molar-refractivity contribution in [2.24, 2.45) is 0 Å². The van der Waals surface area contributed by atoms with Crippen LogP contribution in [0.5, 0.6) is 0 Å². The molecule has 0 aliphatic carbocycles. The maximum Gasteiger partial charge on any atom is 0.356 e. The monoisotopic (exact) mass is 288 g/mol. The van der Waals surface area contributed by atoms with Gasteiger partial charge in [-0.05, 0) is 24.6 Å². The molecule has 2 aromatic heterocycles. The van der Waals surface area contributed by atoms with E-state index in [1.165, 1.54) is 18.5 Å². The smallest absolute Gasteiger partial charge is 0.356 e. The van der Waals surface area contributed by atoms with Crippen molar-refractivity contribution in [1.29, 1.82) is 0 Å². The highest BCUT2D eigenvalue weighted by Crippen LogP contribution is 2.25. The number of hydrogen-bond acceptors (Lipinski definition) is 5. The van der Waals surface area contributed by atoms with E-state index in [0.717, 1.165) is 5.56 Å². The lowest BCUT2D eigenvalue weighted by atomic mass is 10.1. The molecule has 0 spiro atoms. The standard InChI is InChI=1S/C13H9FN4O3/c1-6-2-3-7(14)4-8(6)11-17-12(21-18-11)9-10(13(19)20)16-5-15-9/h2-5H,1H3,(H,15,16)(H,19,20). The van der Waals surface area contributed by atoms with Crippen molar-refractivity contribution in [1.82, 2.24) is 20.1 Å². The van der Waals surface area contributed by atoms with Gasteiger partial charge in [0.1, 0.15) is 11.5 Å². The van der Waals surface area contributed by atoms with Gasteiger partial charge in [0.2, 0.25) is 5.82 Å². The van der Waals surface area contributed by atoms with Crippen molar-refractivity contribution < 1.29 is 18.8 Å². The van der Waals surface area contributed by atoms with Crippen LogP contribution in [0, 0.1) is 12.7 Å². The van der Waals surface area contributed by atoms with Gasteiger partial charge in [0.25, 0.3) is 5.89 Å². The number of halogens is 1. The average Bonchev–Trinajstić information content (AvgIpc) is 3.08. The molecule has 2 N–H and O–H groups in total. The second-order valence-electron chi connectivity index (χ2n) is 4.31. The van der Waals surface area contributed by atoms with Gasteiger partial charge in [-0.15, -0.1) is 0 Å². The van der Waals surface area contributed by atoms with E-state index in [1.54, 1.807) is 13.0 Å². The number of carboxylic acid groups (broad SMARTS) is 1. The Kier molecular flexibility index (Phi) is 2.98. The molecule has 0 aliphatic rings. The lowest BCUT2D eigenvalue weighted by Gasteiger charge is -1.99. The highest BCUT2D eigenvalue weighted by Gasteiger charge is 2.21. The molecule has 0 fully saturated rings. The van der Waals surface area contributed by atoms with Gasteiger partial charge >= 0.3 is 5.97 Å². The van der Waals surface area contributed by atoms with Crippen LogP contribution in [0.1, 0.15) is 16.1 Å². The van der Waals surface area contributed by atoms with Gasteiger partial charge in [-0.1, -0.05) is 11.2 Å². The number of aromatic carboxylic acids is 1. The number of aromatic nitrogens is 4. The third-order valence-corrected chi connectivity index (χ3v) is 2.92. The van der Waals surface area contributed by atoms with Gasteiger partial charge in [-0.25, -0.2) is 14.2 Å². The number of carbonyl (C=O) groups is 1. The maximum atomic E-state index is 13.3. The molecular weight excluding hydrogens is 279 g/mol. The first-order valence-corrected chi connectivity index (χ1v) is 5.93. The van der Waals surface area contributed by atoms with Crippen LogP contribution in [0.15, 0.2) is 29.0 Å². The van der Waals surface area contributed by atoms with Crippen LogP contribution in [-0.4, -0.2) is 31.2 Å². The summed E-state index contributed by atoms with van der Waals surface area (Å²) in [5.41, 5.74) is 1.13. The van der Waals surface area contributed by atoms with E-state index in [2.05, 4.69) is 20.1 Å². The van der Waals surface area contributed by atoms with E-state index in [-0.39, 0.29) is 23.1 Å². The molecular formula is C13H9FN4O3. The number of imidazole rings is 1. The molecule has 8 heteroatoms. The maximum absolute atomic E-state index is 13.3. The number of aromatic amines is 1. The normalized spacial score (nSPS) is 10.8. The zero-order valence-electron chi connectivity index (χ0n) is 10.8. The van der Waals surface area contributed by atoms with Gasteiger partial charge in [-0.3, -0.25) is 0 Å². The first-order chi connectivity index (χ1) is 10.1. The molecule has 0 aliphatic heterocycles. The highest BCUT2D eigenvalue weighted by atomic mass is 19.1. The third kappa shape index (κ3) is 2.27. The summed E-state index contributed by atoms with van der Waals surface area (Å²) in [5, 5.41) is 12.7. The van der Waals surface area contributed by atoms with E-state index >= 15 is 0 Å². The fourth-order valence-corrected chi connectivity index (χ4v) is 1.89. The summed E-state index contributed by atoms with van der Waals surface area (Å²) in [4.78, 5) is 21.4. The van der Waals surface area contributed by atoms with E-state index in [0.29, 0.717) is 5.56 Å². The minimum atomic E-state index is -1.21. The van der Waals surface area contributed by atoms with Crippen molar-refractivity contribution in [3.63, 3.8) is 0 Å². The van der Waals surface area contributed by atoms with Gasteiger partial charge in [-0.2, -0.15) is 4.98 Å². The predicted octanol–water partition coefficient (Wildman–Crippen LogP) is 2.27. The number of benzene rings is 1. The predicted molar refractivity (Wildman–Crippen MR) is 69.0 cm³/mol. The highest BCUT2D eigenvalue weighted by molar-refractivity contribution is 5.91. The van der Waals surface area contributed by atoms with Crippen LogP contribution in [0.2, 0.25) is 0 Å². The molecule has 106 valence electrons. The largest absolute Gasteiger partial charge is 0.476 e. The van der Waals surface area contributed by atoms with Crippen molar-refractivity contribution in [3.05, 3.63) is 41.6 Å². The first-order valence-electron chi connectivity index (χ1n) is 5.93. The SMILES string of the molecule is Cc1ccc(F)cc1-c1noc(-c2[nH]cnc2C(=O)O)n1.